The third-order valence-electron chi connectivity index (χ3n) is 7.56. The second-order valence-corrected chi connectivity index (χ2v) is 12.6. The average molecular weight is 635 g/mol. The molecule has 0 bridgehead atoms. The number of amides is 2. The van der Waals surface area contributed by atoms with E-state index in [2.05, 4.69) is 66.6 Å². The number of hydrogen-bond donors (Lipinski definition) is 2. The van der Waals surface area contributed by atoms with Crippen molar-refractivity contribution in [2.45, 2.75) is 67.7 Å². The monoisotopic (exact) mass is 634 g/mol. The van der Waals surface area contributed by atoms with Crippen molar-refractivity contribution in [2.75, 3.05) is 31.4 Å². The van der Waals surface area contributed by atoms with Crippen LogP contribution in [0.15, 0.2) is 63.0 Å². The van der Waals surface area contributed by atoms with Crippen molar-refractivity contribution in [2.24, 2.45) is 28.0 Å². The lowest BCUT2D eigenvalue weighted by Crippen LogP contribution is -2.31. The number of rotatable bonds is 15. The molecule has 2 aromatic rings. The number of hydrazone groups is 2. The molecule has 2 aliphatic rings. The lowest BCUT2D eigenvalue weighted by Gasteiger charge is -2.30. The van der Waals surface area contributed by atoms with E-state index < -0.39 is 0 Å². The molecule has 0 radical (unpaired) electrons. The highest BCUT2D eigenvalue weighted by atomic mass is 32.1. The molecule has 2 unspecified atom stereocenters. The van der Waals surface area contributed by atoms with Gasteiger partial charge >= 0.3 is 5.91 Å². The van der Waals surface area contributed by atoms with Gasteiger partial charge in [-0.15, -0.1) is 11.3 Å². The lowest BCUT2D eigenvalue weighted by atomic mass is 9.84. The maximum absolute atomic E-state index is 13.4. The van der Waals surface area contributed by atoms with E-state index in [1.165, 1.54) is 21.9 Å². The molecular weight excluding hydrogens is 588 g/mol. The number of aromatic nitrogens is 1. The highest BCUT2D eigenvalue weighted by Crippen LogP contribution is 2.35. The number of ether oxygens (including phenoxy) is 2. The second-order valence-electron chi connectivity index (χ2n) is 11.8. The zero-order chi connectivity index (χ0) is 32.5. The van der Waals surface area contributed by atoms with Crippen LogP contribution in [0, 0.1) is 17.8 Å². The Morgan fingerprint density at radius 1 is 1.18 bits per heavy atom. The summed E-state index contributed by atoms with van der Waals surface area (Å²) >= 11 is 1.32. The Bertz CT molecular complexity index is 1470. The largest absolute Gasteiger partial charge is 0.496 e. The number of hydrogen-bond acceptors (Lipinski definition) is 9. The first kappa shape index (κ1) is 34.1. The van der Waals surface area contributed by atoms with Crippen LogP contribution in [0.5, 0.6) is 0 Å². The van der Waals surface area contributed by atoms with Gasteiger partial charge in [-0.3, -0.25) is 15.0 Å². The van der Waals surface area contributed by atoms with Crippen LogP contribution in [-0.2, 0) is 14.3 Å². The first-order valence-corrected chi connectivity index (χ1v) is 16.8. The van der Waals surface area contributed by atoms with Crippen molar-refractivity contribution in [1.29, 1.82) is 0 Å². The van der Waals surface area contributed by atoms with Gasteiger partial charge in [0, 0.05) is 48.1 Å². The van der Waals surface area contributed by atoms with Gasteiger partial charge in [0.2, 0.25) is 5.13 Å². The van der Waals surface area contributed by atoms with Crippen molar-refractivity contribution in [3.63, 3.8) is 0 Å². The number of carbonyl (C=O) groups excluding carboxylic acids is 2. The number of benzene rings is 1. The molecule has 0 fully saturated rings. The van der Waals surface area contributed by atoms with E-state index in [0.717, 1.165) is 42.9 Å². The van der Waals surface area contributed by atoms with Crippen molar-refractivity contribution in [1.82, 2.24) is 15.7 Å². The van der Waals surface area contributed by atoms with Gasteiger partial charge < -0.3 is 14.8 Å². The number of allylic oxidation sites excluding steroid dienone is 2. The smallest absolute Gasteiger partial charge is 0.303 e. The Morgan fingerprint density at radius 2 is 1.93 bits per heavy atom. The fourth-order valence-electron chi connectivity index (χ4n) is 5.25. The molecule has 45 heavy (non-hydrogen) atoms. The van der Waals surface area contributed by atoms with Gasteiger partial charge in [0.15, 0.2) is 5.71 Å². The molecule has 0 saturated heterocycles. The molecular formula is C34H46N6O4S. The second kappa shape index (κ2) is 15.9. The molecule has 4 rings (SSSR count). The Balaban J connectivity index is 1.40. The number of nitrogens with one attached hydrogen (secondary N) is 2. The number of carbonyl (C=O) groups is 2. The van der Waals surface area contributed by atoms with E-state index in [9.17, 15) is 9.59 Å². The van der Waals surface area contributed by atoms with Crippen LogP contribution in [0.25, 0.3) is 11.3 Å². The van der Waals surface area contributed by atoms with E-state index in [-0.39, 0.29) is 29.4 Å². The highest BCUT2D eigenvalue weighted by molar-refractivity contribution is 7.14. The van der Waals surface area contributed by atoms with Gasteiger partial charge in [0.05, 0.1) is 23.7 Å². The van der Waals surface area contributed by atoms with E-state index in [1.807, 2.05) is 24.4 Å². The summed E-state index contributed by atoms with van der Waals surface area (Å²) in [5.74, 6) is 1.10. The zero-order valence-electron chi connectivity index (χ0n) is 27.5. The van der Waals surface area contributed by atoms with Gasteiger partial charge in [-0.1, -0.05) is 64.8 Å². The van der Waals surface area contributed by atoms with Crippen molar-refractivity contribution in [3.05, 3.63) is 58.3 Å². The fourth-order valence-corrected chi connectivity index (χ4v) is 6.03. The molecule has 1 aromatic carbocycles. The molecule has 242 valence electrons. The van der Waals surface area contributed by atoms with Gasteiger partial charge in [-0.2, -0.15) is 15.2 Å². The summed E-state index contributed by atoms with van der Waals surface area (Å²) in [4.78, 5) is 30.7. The van der Waals surface area contributed by atoms with Gasteiger partial charge in [0.1, 0.15) is 5.76 Å². The summed E-state index contributed by atoms with van der Waals surface area (Å²) in [5, 5.41) is 15.6. The molecule has 1 aliphatic carbocycles. The van der Waals surface area contributed by atoms with Crippen molar-refractivity contribution >= 4 is 39.7 Å². The summed E-state index contributed by atoms with van der Waals surface area (Å²) in [5.41, 5.74) is 8.26. The summed E-state index contributed by atoms with van der Waals surface area (Å²) in [6.07, 6.45) is 5.09. The van der Waals surface area contributed by atoms with Gasteiger partial charge in [0.25, 0.3) is 5.91 Å². The maximum atomic E-state index is 13.4. The first-order valence-electron chi connectivity index (χ1n) is 15.9. The predicted molar refractivity (Wildman–Crippen MR) is 181 cm³/mol. The van der Waals surface area contributed by atoms with E-state index in [4.69, 9.17) is 9.47 Å². The molecule has 0 spiro atoms. The zero-order valence-corrected chi connectivity index (χ0v) is 28.3. The first-order chi connectivity index (χ1) is 21.6. The minimum atomic E-state index is -0.345. The molecule has 0 saturated carbocycles. The van der Waals surface area contributed by atoms with Crippen molar-refractivity contribution < 1.29 is 19.1 Å². The maximum Gasteiger partial charge on any atom is 0.303 e. The predicted octanol–water partition coefficient (Wildman–Crippen LogP) is 6.53. The fraction of sp³-hybridized carbons (Fsp3) is 0.500. The van der Waals surface area contributed by atoms with Crippen molar-refractivity contribution in [3.8, 4) is 11.3 Å². The van der Waals surface area contributed by atoms with Crippen LogP contribution in [0.3, 0.4) is 0 Å². The SMILES string of the molecule is CCCC1=CC(C)C(OCC)=C(N/N=C2/C(=O)N(c3nc(-c4ccc(C(=O)NCCCOCC(C)C)cc4)cs3)N=C2C)C1C. The Kier molecular flexibility index (Phi) is 12.1. The standard InChI is InChI=1S/C34H46N6O4S/c1-8-11-27-18-22(5)31(44-9-2)29(23(27)6)37-38-30-24(7)39-40(33(30)42)34-36-28(20-45-34)25-12-14-26(15-13-25)32(41)35-16-10-17-43-19-21(3)4/h12-15,18,20-23,37H,8-11,16-17,19H2,1-7H3,(H,35,41)/b38-30+. The molecule has 1 aromatic heterocycles. The molecule has 2 heterocycles. The lowest BCUT2D eigenvalue weighted by molar-refractivity contribution is -0.112. The van der Waals surface area contributed by atoms with Crippen LogP contribution in [0.4, 0.5) is 5.13 Å². The minimum absolute atomic E-state index is 0.102. The minimum Gasteiger partial charge on any atom is -0.496 e. The Hall–Kier alpha value is -3.83. The summed E-state index contributed by atoms with van der Waals surface area (Å²) in [6, 6.07) is 7.26. The molecule has 1 aliphatic heterocycles. The Labute approximate surface area is 270 Å². The van der Waals surface area contributed by atoms with Crippen LogP contribution in [0.2, 0.25) is 0 Å². The third-order valence-corrected chi connectivity index (χ3v) is 8.38. The topological polar surface area (TPSA) is 118 Å². The van der Waals surface area contributed by atoms with Crippen LogP contribution in [0.1, 0.15) is 78.1 Å². The van der Waals surface area contributed by atoms with E-state index in [1.54, 1.807) is 19.1 Å². The van der Waals surface area contributed by atoms with Crippen LogP contribution in [-0.4, -0.2) is 54.6 Å². The Morgan fingerprint density at radius 3 is 2.62 bits per heavy atom. The average Bonchev–Trinajstić information content (AvgIpc) is 3.61. The van der Waals surface area contributed by atoms with Crippen LogP contribution >= 0.6 is 11.3 Å². The van der Waals surface area contributed by atoms with E-state index >= 15 is 0 Å². The molecule has 11 heteroatoms. The number of anilines is 1. The quantitative estimate of drug-likeness (QED) is 0.131. The summed E-state index contributed by atoms with van der Waals surface area (Å²) in [7, 11) is 0. The van der Waals surface area contributed by atoms with Gasteiger partial charge in [-0.05, 0) is 44.7 Å². The molecule has 2 N–H and O–H groups in total. The third kappa shape index (κ3) is 8.46. The van der Waals surface area contributed by atoms with E-state index in [0.29, 0.717) is 47.8 Å². The van der Waals surface area contributed by atoms with Crippen LogP contribution < -0.4 is 15.8 Å². The normalized spacial score (nSPS) is 19.3. The summed E-state index contributed by atoms with van der Waals surface area (Å²) in [6.45, 7) is 16.8. The molecule has 10 nitrogen and oxygen atoms in total. The summed E-state index contributed by atoms with van der Waals surface area (Å²) < 4.78 is 11.6. The molecule has 2 amide bonds. The number of thiazole rings is 1. The molecule has 2 atom stereocenters. The number of nitrogens with zero attached hydrogens (tertiary/aromatic N) is 4. The van der Waals surface area contributed by atoms with Gasteiger partial charge in [-0.25, -0.2) is 4.98 Å². The highest BCUT2D eigenvalue weighted by Gasteiger charge is 2.34.